The van der Waals surface area contributed by atoms with Crippen molar-refractivity contribution in [2.24, 2.45) is 0 Å². The molecule has 5 nitrogen and oxygen atoms in total. The fourth-order valence-corrected chi connectivity index (χ4v) is 3.02. The van der Waals surface area contributed by atoms with Crippen LogP contribution in [0.15, 0.2) is 18.2 Å². The average Bonchev–Trinajstić information content (AvgIpc) is 2.75. The van der Waals surface area contributed by atoms with E-state index < -0.39 is 10.0 Å². The van der Waals surface area contributed by atoms with Crippen molar-refractivity contribution in [3.8, 4) is 0 Å². The number of aryl methyl sites for hydroxylation is 1. The Balaban J connectivity index is 1.97. The molecule has 2 heterocycles. The highest BCUT2D eigenvalue weighted by Crippen LogP contribution is 2.30. The van der Waals surface area contributed by atoms with Crippen LogP contribution in [0.4, 0.5) is 0 Å². The minimum atomic E-state index is -3.10. The van der Waals surface area contributed by atoms with Crippen LogP contribution in [0.25, 0.3) is 0 Å². The minimum absolute atomic E-state index is 0.321. The van der Waals surface area contributed by atoms with Gasteiger partial charge in [0.25, 0.3) is 0 Å². The molecule has 6 heteroatoms. The van der Waals surface area contributed by atoms with E-state index in [4.69, 9.17) is 0 Å². The lowest BCUT2D eigenvalue weighted by Gasteiger charge is -2.24. The molecule has 19 heavy (non-hydrogen) atoms. The van der Waals surface area contributed by atoms with Gasteiger partial charge in [0.2, 0.25) is 10.0 Å². The third-order valence-electron chi connectivity index (χ3n) is 3.38. The highest BCUT2D eigenvalue weighted by molar-refractivity contribution is 7.88. The number of aromatic nitrogens is 1. The number of likely N-dealkylation sites (tertiary alicyclic amines) is 1. The summed E-state index contributed by atoms with van der Waals surface area (Å²) in [7, 11) is -3.10. The molecule has 1 saturated heterocycles. The summed E-state index contributed by atoms with van der Waals surface area (Å²) in [5.74, 6) is 0. The van der Waals surface area contributed by atoms with Gasteiger partial charge in [0.05, 0.1) is 18.0 Å². The molecule has 1 atom stereocenters. The van der Waals surface area contributed by atoms with Gasteiger partial charge in [-0.05, 0) is 38.4 Å². The lowest BCUT2D eigenvalue weighted by molar-refractivity contribution is 0.257. The third kappa shape index (κ3) is 4.26. The first kappa shape index (κ1) is 14.4. The van der Waals surface area contributed by atoms with Crippen LogP contribution in [0.3, 0.4) is 0 Å². The average molecular weight is 283 g/mol. The van der Waals surface area contributed by atoms with Crippen LogP contribution >= 0.6 is 0 Å². The summed E-state index contributed by atoms with van der Waals surface area (Å²) in [4.78, 5) is 6.89. The lowest BCUT2D eigenvalue weighted by atomic mass is 10.1. The van der Waals surface area contributed by atoms with E-state index in [2.05, 4.69) is 20.7 Å². The van der Waals surface area contributed by atoms with Crippen LogP contribution in [0.5, 0.6) is 0 Å². The maximum Gasteiger partial charge on any atom is 0.208 e. The lowest BCUT2D eigenvalue weighted by Crippen LogP contribution is -2.34. The van der Waals surface area contributed by atoms with Crippen molar-refractivity contribution < 1.29 is 8.42 Å². The van der Waals surface area contributed by atoms with E-state index >= 15 is 0 Å². The van der Waals surface area contributed by atoms with Crippen LogP contribution in [0, 0.1) is 6.92 Å². The summed E-state index contributed by atoms with van der Waals surface area (Å²) in [5.41, 5.74) is 2.12. The number of sulfonamides is 1. The maximum atomic E-state index is 11.1. The molecular formula is C13H21N3O2S. The van der Waals surface area contributed by atoms with Gasteiger partial charge in [-0.15, -0.1) is 0 Å². The summed E-state index contributed by atoms with van der Waals surface area (Å²) in [5, 5.41) is 0. The van der Waals surface area contributed by atoms with Crippen molar-refractivity contribution in [3.05, 3.63) is 29.6 Å². The smallest absolute Gasteiger partial charge is 0.208 e. The van der Waals surface area contributed by atoms with Crippen LogP contribution in [-0.4, -0.2) is 44.2 Å². The van der Waals surface area contributed by atoms with Gasteiger partial charge in [-0.3, -0.25) is 9.88 Å². The normalized spacial score (nSPS) is 20.8. The molecule has 2 rings (SSSR count). The van der Waals surface area contributed by atoms with Gasteiger partial charge in [-0.2, -0.15) is 0 Å². The second-order valence-corrected chi connectivity index (χ2v) is 6.90. The van der Waals surface area contributed by atoms with Crippen LogP contribution in [0.2, 0.25) is 0 Å². The van der Waals surface area contributed by atoms with Gasteiger partial charge in [0, 0.05) is 18.8 Å². The predicted molar refractivity (Wildman–Crippen MR) is 75.4 cm³/mol. The van der Waals surface area contributed by atoms with E-state index in [1.165, 1.54) is 6.26 Å². The highest BCUT2D eigenvalue weighted by atomic mass is 32.2. The molecule has 0 bridgehead atoms. The molecule has 0 saturated carbocycles. The largest absolute Gasteiger partial charge is 0.293 e. The van der Waals surface area contributed by atoms with Crippen molar-refractivity contribution in [1.82, 2.24) is 14.6 Å². The molecule has 1 aromatic rings. The Hall–Kier alpha value is -0.980. The Morgan fingerprint density at radius 3 is 2.95 bits per heavy atom. The zero-order valence-corrected chi connectivity index (χ0v) is 12.3. The quantitative estimate of drug-likeness (QED) is 0.878. The van der Waals surface area contributed by atoms with E-state index in [1.54, 1.807) is 0 Å². The first-order valence-electron chi connectivity index (χ1n) is 6.58. The molecule has 0 spiro atoms. The molecule has 1 N–H and O–H groups in total. The molecule has 1 aromatic heterocycles. The fraction of sp³-hybridized carbons (Fsp3) is 0.615. The van der Waals surface area contributed by atoms with Crippen molar-refractivity contribution in [1.29, 1.82) is 0 Å². The van der Waals surface area contributed by atoms with Gasteiger partial charge in [0.15, 0.2) is 0 Å². The summed E-state index contributed by atoms with van der Waals surface area (Å²) in [6.07, 6.45) is 3.42. The Bertz CT molecular complexity index is 530. The van der Waals surface area contributed by atoms with Gasteiger partial charge < -0.3 is 0 Å². The Morgan fingerprint density at radius 2 is 2.26 bits per heavy atom. The van der Waals surface area contributed by atoms with Crippen molar-refractivity contribution in [3.63, 3.8) is 0 Å². The number of rotatable bonds is 5. The molecule has 0 unspecified atom stereocenters. The minimum Gasteiger partial charge on any atom is -0.293 e. The van der Waals surface area contributed by atoms with E-state index in [-0.39, 0.29) is 0 Å². The summed E-state index contributed by atoms with van der Waals surface area (Å²) < 4.78 is 24.7. The third-order valence-corrected chi connectivity index (χ3v) is 4.11. The van der Waals surface area contributed by atoms with Gasteiger partial charge in [0.1, 0.15) is 0 Å². The molecule has 106 valence electrons. The van der Waals surface area contributed by atoms with Crippen LogP contribution in [-0.2, 0) is 10.0 Å². The van der Waals surface area contributed by atoms with E-state index in [0.717, 1.165) is 37.3 Å². The topological polar surface area (TPSA) is 62.3 Å². The number of nitrogens with one attached hydrogen (secondary N) is 1. The second kappa shape index (κ2) is 5.98. The first-order valence-corrected chi connectivity index (χ1v) is 8.47. The Kier molecular flexibility index (Phi) is 4.54. The zero-order valence-electron chi connectivity index (χ0n) is 11.5. The second-order valence-electron chi connectivity index (χ2n) is 5.06. The van der Waals surface area contributed by atoms with Crippen LogP contribution in [0.1, 0.15) is 30.3 Å². The van der Waals surface area contributed by atoms with Gasteiger partial charge in [-0.1, -0.05) is 6.07 Å². The van der Waals surface area contributed by atoms with Crippen molar-refractivity contribution in [2.75, 3.05) is 25.9 Å². The molecule has 1 fully saturated rings. The number of hydrogen-bond donors (Lipinski definition) is 1. The summed E-state index contributed by atoms with van der Waals surface area (Å²) >= 11 is 0. The maximum absolute atomic E-state index is 11.1. The van der Waals surface area contributed by atoms with Crippen molar-refractivity contribution in [2.45, 2.75) is 25.8 Å². The SMILES string of the molecule is Cc1cccc([C@H]2CCCN2CCNS(C)(=O)=O)n1. The molecular weight excluding hydrogens is 262 g/mol. The number of nitrogens with zero attached hydrogens (tertiary/aromatic N) is 2. The van der Waals surface area contributed by atoms with E-state index in [0.29, 0.717) is 12.6 Å². The standard InChI is InChI=1S/C13H21N3O2S/c1-11-5-3-6-12(15-11)13-7-4-9-16(13)10-8-14-19(2,17)18/h3,5-6,13-14H,4,7-10H2,1-2H3/t13-/m1/s1. The summed E-state index contributed by atoms with van der Waals surface area (Å²) in [6.45, 7) is 4.19. The molecule has 1 aliphatic rings. The highest BCUT2D eigenvalue weighted by Gasteiger charge is 2.26. The van der Waals surface area contributed by atoms with Crippen LogP contribution < -0.4 is 4.72 Å². The first-order chi connectivity index (χ1) is 8.96. The monoisotopic (exact) mass is 283 g/mol. The molecule has 0 amide bonds. The summed E-state index contributed by atoms with van der Waals surface area (Å²) in [6, 6.07) is 6.40. The zero-order chi connectivity index (χ0) is 13.9. The van der Waals surface area contributed by atoms with Gasteiger partial charge >= 0.3 is 0 Å². The Morgan fingerprint density at radius 1 is 1.47 bits per heavy atom. The molecule has 0 aromatic carbocycles. The van der Waals surface area contributed by atoms with E-state index in [1.807, 2.05) is 19.1 Å². The molecule has 0 radical (unpaired) electrons. The number of hydrogen-bond acceptors (Lipinski definition) is 4. The number of pyridine rings is 1. The van der Waals surface area contributed by atoms with Gasteiger partial charge in [-0.25, -0.2) is 13.1 Å². The Labute approximate surface area is 115 Å². The predicted octanol–water partition coefficient (Wildman–Crippen LogP) is 1.08. The fourth-order valence-electron chi connectivity index (χ4n) is 2.55. The van der Waals surface area contributed by atoms with Crippen molar-refractivity contribution >= 4 is 10.0 Å². The molecule has 1 aliphatic heterocycles. The van der Waals surface area contributed by atoms with E-state index in [9.17, 15) is 8.42 Å². The molecule has 0 aliphatic carbocycles.